The molecule has 0 fully saturated rings. The van der Waals surface area contributed by atoms with Crippen LogP contribution in [0.15, 0.2) is 65.7 Å². The predicted molar refractivity (Wildman–Crippen MR) is 156 cm³/mol. The lowest BCUT2D eigenvalue weighted by molar-refractivity contribution is 0.0978. The molecule has 4 aromatic rings. The van der Waals surface area contributed by atoms with Gasteiger partial charge in [0.2, 0.25) is 5.88 Å². The minimum atomic E-state index is -4.45. The summed E-state index contributed by atoms with van der Waals surface area (Å²) >= 11 is 0. The molecule has 0 aliphatic carbocycles. The minimum absolute atomic E-state index is 0. The third kappa shape index (κ3) is 7.08. The Morgan fingerprint density at radius 2 is 1.76 bits per heavy atom. The van der Waals surface area contributed by atoms with Gasteiger partial charge in [0.15, 0.2) is 5.03 Å². The summed E-state index contributed by atoms with van der Waals surface area (Å²) < 4.78 is 54.3. The fourth-order valence-electron chi connectivity index (χ4n) is 4.19. The number of nitrogens with one attached hydrogen (secondary N) is 1. The standard InChI is InChI=1S/C31H29FN4O5S.H2/c1-18(2)17-40-25-14-22(13-23(32)15-25)27-10-9-26(31(35-27)41-29-20(4)11-19(3)12-21(29)5)30(37)36-42(38,39)28-8-6-7-24(16-33)34-28;/h6-15,18H,17H2,1-5H3,(H,36,37);1H. The molecule has 42 heavy (non-hydrogen) atoms. The molecule has 0 radical (unpaired) electrons. The Bertz CT molecular complexity index is 1800. The Kier molecular flexibility index (Phi) is 8.87. The second kappa shape index (κ2) is 12.4. The van der Waals surface area contributed by atoms with Gasteiger partial charge in [0.1, 0.15) is 34.6 Å². The number of hydrogen-bond donors (Lipinski definition) is 1. The lowest BCUT2D eigenvalue weighted by Gasteiger charge is -2.16. The molecule has 2 aromatic heterocycles. The number of rotatable bonds is 9. The van der Waals surface area contributed by atoms with Crippen LogP contribution in [-0.4, -0.2) is 30.9 Å². The summed E-state index contributed by atoms with van der Waals surface area (Å²) in [6, 6.07) is 16.4. The van der Waals surface area contributed by atoms with Crippen LogP contribution in [0.5, 0.6) is 17.4 Å². The van der Waals surface area contributed by atoms with E-state index in [0.29, 0.717) is 23.7 Å². The Balaban J connectivity index is 0.00000506. The molecule has 0 saturated carbocycles. The van der Waals surface area contributed by atoms with E-state index in [0.717, 1.165) is 22.8 Å². The molecule has 4 rings (SSSR count). The van der Waals surface area contributed by atoms with Crippen LogP contribution in [0.25, 0.3) is 11.3 Å². The van der Waals surface area contributed by atoms with E-state index >= 15 is 0 Å². The van der Waals surface area contributed by atoms with Gasteiger partial charge in [0, 0.05) is 13.1 Å². The Labute approximate surface area is 245 Å². The van der Waals surface area contributed by atoms with Crippen molar-refractivity contribution in [2.24, 2.45) is 5.92 Å². The molecule has 0 bridgehead atoms. The number of nitrogens with zero attached hydrogens (tertiary/aromatic N) is 3. The molecule has 0 spiro atoms. The first kappa shape index (κ1) is 30.1. The molecule has 11 heteroatoms. The van der Waals surface area contributed by atoms with Crippen molar-refractivity contribution in [3.05, 3.63) is 94.4 Å². The van der Waals surface area contributed by atoms with E-state index < -0.39 is 26.8 Å². The minimum Gasteiger partial charge on any atom is -0.493 e. The molecule has 1 N–H and O–H groups in total. The number of carbonyl (C=O) groups is 1. The second-order valence-corrected chi connectivity index (χ2v) is 11.8. The number of benzene rings is 2. The topological polar surface area (TPSA) is 131 Å². The first-order chi connectivity index (χ1) is 19.9. The zero-order valence-electron chi connectivity index (χ0n) is 23.7. The van der Waals surface area contributed by atoms with Gasteiger partial charge in [-0.2, -0.15) is 13.7 Å². The normalized spacial score (nSPS) is 11.2. The third-order valence-electron chi connectivity index (χ3n) is 6.00. The number of aryl methyl sites for hydroxylation is 3. The van der Waals surface area contributed by atoms with Crippen molar-refractivity contribution >= 4 is 15.9 Å². The summed E-state index contributed by atoms with van der Waals surface area (Å²) in [6.45, 7) is 9.94. The van der Waals surface area contributed by atoms with E-state index in [-0.39, 0.29) is 30.2 Å². The van der Waals surface area contributed by atoms with Crippen LogP contribution in [0.3, 0.4) is 0 Å². The van der Waals surface area contributed by atoms with Gasteiger partial charge in [-0.15, -0.1) is 0 Å². The Morgan fingerprint density at radius 3 is 2.43 bits per heavy atom. The van der Waals surface area contributed by atoms with Crippen molar-refractivity contribution in [3.63, 3.8) is 0 Å². The fraction of sp³-hybridized carbons (Fsp3) is 0.226. The highest BCUT2D eigenvalue weighted by atomic mass is 32.2. The quantitative estimate of drug-likeness (QED) is 0.241. The fourth-order valence-corrected chi connectivity index (χ4v) is 5.12. The Morgan fingerprint density at radius 1 is 1.05 bits per heavy atom. The number of ether oxygens (including phenoxy) is 2. The molecule has 1 amide bonds. The number of aromatic nitrogens is 2. The number of sulfonamides is 1. The summed E-state index contributed by atoms with van der Waals surface area (Å²) in [4.78, 5) is 21.6. The zero-order chi connectivity index (χ0) is 30.6. The average molecular weight is 591 g/mol. The van der Waals surface area contributed by atoms with E-state index in [9.17, 15) is 17.6 Å². The monoisotopic (exact) mass is 590 g/mol. The van der Waals surface area contributed by atoms with Gasteiger partial charge in [0.05, 0.1) is 12.3 Å². The molecule has 0 aliphatic rings. The summed E-state index contributed by atoms with van der Waals surface area (Å²) in [5.41, 5.74) is 2.86. The third-order valence-corrected chi connectivity index (χ3v) is 7.23. The van der Waals surface area contributed by atoms with Crippen LogP contribution in [-0.2, 0) is 10.0 Å². The first-order valence-electron chi connectivity index (χ1n) is 13.0. The molecule has 0 saturated heterocycles. The molecule has 0 atom stereocenters. The van der Waals surface area contributed by atoms with Crippen molar-refractivity contribution in [2.45, 2.75) is 39.6 Å². The molecular formula is C31H31FN4O5S. The van der Waals surface area contributed by atoms with E-state index in [1.807, 2.05) is 51.5 Å². The number of carbonyl (C=O) groups excluding carboxylic acids is 1. The van der Waals surface area contributed by atoms with Crippen molar-refractivity contribution in [1.82, 2.24) is 14.7 Å². The van der Waals surface area contributed by atoms with Gasteiger partial charge >= 0.3 is 0 Å². The number of amides is 1. The molecule has 0 aliphatic heterocycles. The predicted octanol–water partition coefficient (Wildman–Crippen LogP) is 6.27. The summed E-state index contributed by atoms with van der Waals surface area (Å²) in [5, 5.41) is 8.58. The highest BCUT2D eigenvalue weighted by Crippen LogP contribution is 2.33. The average Bonchev–Trinajstić information content (AvgIpc) is 2.93. The molecule has 218 valence electrons. The van der Waals surface area contributed by atoms with Gasteiger partial charge in [-0.25, -0.2) is 19.1 Å². The van der Waals surface area contributed by atoms with Crippen molar-refractivity contribution in [2.75, 3.05) is 6.61 Å². The Hall–Kier alpha value is -4.82. The van der Waals surface area contributed by atoms with Gasteiger partial charge in [-0.1, -0.05) is 37.6 Å². The van der Waals surface area contributed by atoms with Gasteiger partial charge < -0.3 is 9.47 Å². The molecule has 9 nitrogen and oxygen atoms in total. The van der Waals surface area contributed by atoms with E-state index in [4.69, 9.17) is 14.7 Å². The number of nitriles is 1. The largest absolute Gasteiger partial charge is 0.493 e. The number of pyridine rings is 2. The highest BCUT2D eigenvalue weighted by Gasteiger charge is 2.25. The maximum atomic E-state index is 14.5. The van der Waals surface area contributed by atoms with Crippen LogP contribution in [0.1, 0.15) is 48.0 Å². The van der Waals surface area contributed by atoms with E-state index in [1.54, 1.807) is 12.1 Å². The van der Waals surface area contributed by atoms with Gasteiger partial charge in [0.25, 0.3) is 15.9 Å². The lowest BCUT2D eigenvalue weighted by atomic mass is 10.1. The molecule has 2 aromatic carbocycles. The maximum Gasteiger partial charge on any atom is 0.281 e. The van der Waals surface area contributed by atoms with E-state index in [1.165, 1.54) is 36.4 Å². The van der Waals surface area contributed by atoms with Crippen LogP contribution < -0.4 is 14.2 Å². The van der Waals surface area contributed by atoms with E-state index in [2.05, 4.69) is 9.97 Å². The summed E-state index contributed by atoms with van der Waals surface area (Å²) in [6.07, 6.45) is 0. The second-order valence-electron chi connectivity index (χ2n) is 10.2. The van der Waals surface area contributed by atoms with Crippen LogP contribution >= 0.6 is 0 Å². The maximum absolute atomic E-state index is 14.5. The highest BCUT2D eigenvalue weighted by molar-refractivity contribution is 7.90. The molecular weight excluding hydrogens is 559 g/mol. The van der Waals surface area contributed by atoms with Gasteiger partial charge in [-0.05, 0) is 74.2 Å². The molecule has 2 heterocycles. The zero-order valence-corrected chi connectivity index (χ0v) is 24.5. The first-order valence-corrected chi connectivity index (χ1v) is 14.5. The van der Waals surface area contributed by atoms with Crippen LogP contribution in [0, 0.1) is 43.8 Å². The lowest BCUT2D eigenvalue weighted by Crippen LogP contribution is -2.31. The number of hydrogen-bond acceptors (Lipinski definition) is 8. The summed E-state index contributed by atoms with van der Waals surface area (Å²) in [5.74, 6) is -0.791. The van der Waals surface area contributed by atoms with Crippen LogP contribution in [0.4, 0.5) is 4.39 Å². The number of halogens is 1. The smallest absolute Gasteiger partial charge is 0.281 e. The molecule has 0 unspecified atom stereocenters. The SMILES string of the molecule is Cc1cc(C)c(Oc2nc(-c3cc(F)cc(OCC(C)C)c3)ccc2C(=O)NS(=O)(=O)c2cccc(C#N)n2)c(C)c1.[HH]. The van der Waals surface area contributed by atoms with Crippen LogP contribution in [0.2, 0.25) is 0 Å². The van der Waals surface area contributed by atoms with Gasteiger partial charge in [-0.3, -0.25) is 4.79 Å². The van der Waals surface area contributed by atoms with Crippen molar-refractivity contribution in [1.29, 1.82) is 5.26 Å². The van der Waals surface area contributed by atoms with Crippen molar-refractivity contribution in [3.8, 4) is 34.7 Å². The summed E-state index contributed by atoms with van der Waals surface area (Å²) in [7, 11) is -4.45. The van der Waals surface area contributed by atoms with Crippen molar-refractivity contribution < 1.29 is 28.5 Å².